The maximum absolute atomic E-state index is 14.7. The van der Waals surface area contributed by atoms with Gasteiger partial charge in [0.05, 0.1) is 17.4 Å². The first-order chi connectivity index (χ1) is 18.3. The third-order valence-electron chi connectivity index (χ3n) is 6.70. The Morgan fingerprint density at radius 2 is 1.79 bits per heavy atom. The third-order valence-corrected chi connectivity index (χ3v) is 6.70. The largest absolute Gasteiger partial charge is 1.00 e. The molecule has 4 rings (SSSR count). The minimum atomic E-state index is -0.385. The summed E-state index contributed by atoms with van der Waals surface area (Å²) in [5, 5.41) is 4.85. The number of ether oxygens (including phenoxy) is 1. The summed E-state index contributed by atoms with van der Waals surface area (Å²) in [5.74, 6) is -0.288. The molecule has 0 aliphatic heterocycles. The van der Waals surface area contributed by atoms with Gasteiger partial charge in [-0.15, -0.1) is 0 Å². The van der Waals surface area contributed by atoms with Gasteiger partial charge in [-0.05, 0) is 70.5 Å². The van der Waals surface area contributed by atoms with Crippen molar-refractivity contribution in [1.82, 2.24) is 0 Å². The number of nitrogens with one attached hydrogen (secondary N) is 1. The zero-order valence-electron chi connectivity index (χ0n) is 23.3. The van der Waals surface area contributed by atoms with Crippen molar-refractivity contribution in [1.29, 1.82) is 0 Å². The van der Waals surface area contributed by atoms with Crippen LogP contribution in [0.4, 0.5) is 15.8 Å². The summed E-state index contributed by atoms with van der Waals surface area (Å²) >= 11 is 0. The van der Waals surface area contributed by atoms with E-state index in [-0.39, 0.29) is 41.5 Å². The second-order valence-corrected chi connectivity index (χ2v) is 9.62. The molecule has 0 fully saturated rings. The minimum absolute atomic E-state index is 0. The zero-order chi connectivity index (χ0) is 27.2. The smallest absolute Gasteiger partial charge is 0.343 e. The van der Waals surface area contributed by atoms with Crippen molar-refractivity contribution in [2.75, 3.05) is 36.5 Å². The summed E-state index contributed by atoms with van der Waals surface area (Å²) in [4.78, 5) is 15.0. The molecule has 8 heteroatoms. The molecular formula is C31H37FIN3O3. The number of fused-ring (bicyclic) bond motifs is 2. The van der Waals surface area contributed by atoms with Crippen LogP contribution in [0, 0.1) is 5.82 Å². The summed E-state index contributed by atoms with van der Waals surface area (Å²) in [5.41, 5.74) is 3.90. The van der Waals surface area contributed by atoms with E-state index in [0.717, 1.165) is 47.2 Å². The van der Waals surface area contributed by atoms with Crippen molar-refractivity contribution in [3.63, 3.8) is 0 Å². The molecule has 0 aliphatic rings. The molecule has 0 spiro atoms. The van der Waals surface area contributed by atoms with E-state index in [2.05, 4.69) is 24.1 Å². The van der Waals surface area contributed by atoms with E-state index in [1.807, 2.05) is 74.0 Å². The fourth-order valence-corrected chi connectivity index (χ4v) is 4.54. The number of aromatic nitrogens is 1. The molecule has 1 N–H and O–H groups in total. The molecule has 39 heavy (non-hydrogen) atoms. The Bertz CT molecular complexity index is 1510. The minimum Gasteiger partial charge on any atom is -1.00 e. The number of hydrogen-bond acceptors (Lipinski definition) is 5. The maximum atomic E-state index is 14.7. The Kier molecular flexibility index (Phi) is 10.9. The van der Waals surface area contributed by atoms with Crippen LogP contribution in [0.3, 0.4) is 0 Å². The lowest BCUT2D eigenvalue weighted by Crippen LogP contribution is -3.00. The van der Waals surface area contributed by atoms with E-state index >= 15 is 0 Å². The van der Waals surface area contributed by atoms with Crippen molar-refractivity contribution < 1.29 is 42.1 Å². The van der Waals surface area contributed by atoms with Crippen molar-refractivity contribution in [2.45, 2.75) is 40.2 Å². The highest BCUT2D eigenvalue weighted by molar-refractivity contribution is 5.84. The number of halogens is 2. The van der Waals surface area contributed by atoms with E-state index in [4.69, 9.17) is 9.15 Å². The number of anilines is 2. The van der Waals surface area contributed by atoms with Crippen LogP contribution in [0.2, 0.25) is 0 Å². The predicted molar refractivity (Wildman–Crippen MR) is 154 cm³/mol. The summed E-state index contributed by atoms with van der Waals surface area (Å²) < 4.78 is 27.9. The van der Waals surface area contributed by atoms with Gasteiger partial charge in [-0.3, -0.25) is 0 Å². The third kappa shape index (κ3) is 7.36. The molecule has 0 unspecified atom stereocenters. The topological polar surface area (TPSA) is 58.6 Å². The number of aryl methyl sites for hydroxylation is 1. The van der Waals surface area contributed by atoms with Gasteiger partial charge in [0.25, 0.3) is 0 Å². The highest BCUT2D eigenvalue weighted by Crippen LogP contribution is 2.24. The second kappa shape index (κ2) is 13.9. The van der Waals surface area contributed by atoms with Crippen molar-refractivity contribution in [3.8, 4) is 0 Å². The number of pyridine rings is 1. The van der Waals surface area contributed by atoms with E-state index in [1.54, 1.807) is 12.1 Å². The van der Waals surface area contributed by atoms with Gasteiger partial charge in [0.1, 0.15) is 18.4 Å². The van der Waals surface area contributed by atoms with E-state index in [9.17, 15) is 9.18 Å². The normalized spacial score (nSPS) is 11.5. The highest BCUT2D eigenvalue weighted by atomic mass is 127. The maximum Gasteiger partial charge on any atom is 0.343 e. The predicted octanol–water partition coefficient (Wildman–Crippen LogP) is 3.16. The SMILES string of the molecule is CCN(CC)c1ccc2cc(/C=C/c3ccc4cc(F)c(NCCCOC(C)C)cc4[n+]3C)c(=O)oc2c1.[I-]. The molecule has 0 radical (unpaired) electrons. The van der Waals surface area contributed by atoms with Gasteiger partial charge >= 0.3 is 5.63 Å². The van der Waals surface area contributed by atoms with Crippen molar-refractivity contribution in [3.05, 3.63) is 76.0 Å². The first-order valence-electron chi connectivity index (χ1n) is 13.3. The second-order valence-electron chi connectivity index (χ2n) is 9.62. The molecule has 0 saturated carbocycles. The molecular weight excluding hydrogens is 608 g/mol. The number of benzene rings is 2. The Balaban J connectivity index is 0.00000420. The summed E-state index contributed by atoms with van der Waals surface area (Å²) in [7, 11) is 1.93. The molecule has 0 bridgehead atoms. The fraction of sp³-hybridized carbons (Fsp3) is 0.355. The molecule has 6 nitrogen and oxygen atoms in total. The van der Waals surface area contributed by atoms with E-state index in [1.165, 1.54) is 0 Å². The molecule has 0 aliphatic carbocycles. The van der Waals surface area contributed by atoms with Crippen LogP contribution in [0.5, 0.6) is 0 Å². The van der Waals surface area contributed by atoms with Crippen LogP contribution in [0.1, 0.15) is 45.4 Å². The quantitative estimate of drug-likeness (QED) is 0.118. The van der Waals surface area contributed by atoms with Gasteiger partial charge in [0.2, 0.25) is 11.2 Å². The first-order valence-corrected chi connectivity index (χ1v) is 13.3. The molecule has 2 heterocycles. The molecule has 0 amide bonds. The average Bonchev–Trinajstić information content (AvgIpc) is 2.89. The van der Waals surface area contributed by atoms with Gasteiger partial charge in [0.15, 0.2) is 0 Å². The van der Waals surface area contributed by atoms with Gasteiger partial charge < -0.3 is 43.3 Å². The first kappa shape index (κ1) is 30.6. The van der Waals surface area contributed by atoms with Gasteiger partial charge in [0, 0.05) is 67.0 Å². The summed E-state index contributed by atoms with van der Waals surface area (Å²) in [6.45, 7) is 11.2. The number of hydrogen-bond donors (Lipinski definition) is 1. The van der Waals surface area contributed by atoms with Crippen LogP contribution in [0.25, 0.3) is 34.0 Å². The lowest BCUT2D eigenvalue weighted by Gasteiger charge is -2.20. The molecule has 2 aromatic heterocycles. The highest BCUT2D eigenvalue weighted by Gasteiger charge is 2.14. The monoisotopic (exact) mass is 645 g/mol. The summed E-state index contributed by atoms with van der Waals surface area (Å²) in [6, 6.07) is 15.0. The van der Waals surface area contributed by atoms with E-state index in [0.29, 0.717) is 30.0 Å². The molecule has 2 aromatic carbocycles. The van der Waals surface area contributed by atoms with Crippen LogP contribution in [-0.4, -0.2) is 32.3 Å². The van der Waals surface area contributed by atoms with Crippen LogP contribution >= 0.6 is 0 Å². The lowest BCUT2D eigenvalue weighted by molar-refractivity contribution is -0.646. The Morgan fingerprint density at radius 1 is 1.05 bits per heavy atom. The van der Waals surface area contributed by atoms with Crippen molar-refractivity contribution in [2.24, 2.45) is 7.05 Å². The Labute approximate surface area is 246 Å². The molecule has 208 valence electrons. The standard InChI is InChI=1S/C31H36FN3O3.HI/c1-6-35(7-2)26-14-10-23-17-24(31(36)38-30(23)19-26)11-13-25-12-9-22-18-27(32)28(20-29(22)34(25)5)33-15-8-16-37-21(3)4;/h9-14,17-21H,6-8,15-16H2,1-5H3;1H/b13-11+;. The Morgan fingerprint density at radius 3 is 2.51 bits per heavy atom. The van der Waals surface area contributed by atoms with Crippen LogP contribution in [0.15, 0.2) is 57.7 Å². The van der Waals surface area contributed by atoms with Gasteiger partial charge in [-0.2, -0.15) is 4.57 Å². The molecule has 0 atom stereocenters. The van der Waals surface area contributed by atoms with Crippen molar-refractivity contribution >= 4 is 45.4 Å². The molecule has 4 aromatic rings. The van der Waals surface area contributed by atoms with Crippen LogP contribution in [-0.2, 0) is 11.8 Å². The summed E-state index contributed by atoms with van der Waals surface area (Å²) in [6.07, 6.45) is 4.61. The Hall–Kier alpha value is -2.98. The number of nitrogens with zero attached hydrogens (tertiary/aromatic N) is 2. The van der Waals surface area contributed by atoms with Crippen LogP contribution < -0.4 is 44.4 Å². The van der Waals surface area contributed by atoms with Gasteiger partial charge in [-0.25, -0.2) is 9.18 Å². The molecule has 0 saturated heterocycles. The zero-order valence-corrected chi connectivity index (χ0v) is 25.4. The number of rotatable bonds is 11. The van der Waals surface area contributed by atoms with Gasteiger partial charge in [-0.1, -0.05) is 0 Å². The van der Waals surface area contributed by atoms with E-state index < -0.39 is 0 Å². The fourth-order valence-electron chi connectivity index (χ4n) is 4.54. The average molecular weight is 646 g/mol. The lowest BCUT2D eigenvalue weighted by atomic mass is 10.1.